The van der Waals surface area contributed by atoms with Crippen LogP contribution in [0, 0.1) is 0 Å². The topological polar surface area (TPSA) is 68.5 Å². The van der Waals surface area contributed by atoms with Crippen molar-refractivity contribution in [3.63, 3.8) is 0 Å². The summed E-state index contributed by atoms with van der Waals surface area (Å²) in [5, 5.41) is 10.7. The molecule has 0 unspecified atom stereocenters. The summed E-state index contributed by atoms with van der Waals surface area (Å²) in [6.07, 6.45) is -0.395. The Kier molecular flexibility index (Phi) is 3.72. The summed E-state index contributed by atoms with van der Waals surface area (Å²) >= 11 is 6.04. The fourth-order valence-corrected chi connectivity index (χ4v) is 2.25. The van der Waals surface area contributed by atoms with Crippen LogP contribution in [0.5, 0.6) is 5.75 Å². The van der Waals surface area contributed by atoms with Crippen LogP contribution in [-0.4, -0.2) is 21.7 Å². The molecule has 0 amide bonds. The smallest absolute Gasteiger partial charge is 0.347 e. The molecule has 2 rings (SSSR count). The summed E-state index contributed by atoms with van der Waals surface area (Å²) in [5.74, 6) is -1.31. The molecule has 5 nitrogen and oxygen atoms in total. The molecular weight excluding hydrogens is 282 g/mol. The van der Waals surface area contributed by atoms with Crippen molar-refractivity contribution in [2.75, 3.05) is 0 Å². The molecule has 0 bridgehead atoms. The molecule has 0 aliphatic rings. The van der Waals surface area contributed by atoms with E-state index >= 15 is 0 Å². The molecule has 106 valence electrons. The molecule has 0 radical (unpaired) electrons. The molecule has 0 atom stereocenters. The number of nitrogens with zero attached hydrogens (tertiary/aromatic N) is 1. The monoisotopic (exact) mass is 295 g/mol. The van der Waals surface area contributed by atoms with Gasteiger partial charge in [-0.25, -0.2) is 4.79 Å². The van der Waals surface area contributed by atoms with Crippen LogP contribution in [0.15, 0.2) is 23.0 Å². The van der Waals surface area contributed by atoms with Gasteiger partial charge in [0, 0.05) is 7.05 Å². The van der Waals surface area contributed by atoms with Gasteiger partial charge in [0.1, 0.15) is 5.75 Å². The molecule has 1 N–H and O–H groups in total. The fraction of sp³-hybridized carbons (Fsp3) is 0.286. The molecular formula is C14H14ClNO4. The number of aromatic nitrogens is 1. The van der Waals surface area contributed by atoms with Crippen molar-refractivity contribution in [1.82, 2.24) is 4.57 Å². The Morgan fingerprint density at radius 2 is 2.05 bits per heavy atom. The molecule has 0 saturated heterocycles. The van der Waals surface area contributed by atoms with Gasteiger partial charge in [-0.1, -0.05) is 17.7 Å². The average Bonchev–Trinajstić information content (AvgIpc) is 2.35. The maximum absolute atomic E-state index is 12.2. The summed E-state index contributed by atoms with van der Waals surface area (Å²) in [7, 11) is 1.51. The van der Waals surface area contributed by atoms with Crippen molar-refractivity contribution in [2.45, 2.75) is 20.0 Å². The fourth-order valence-electron chi connectivity index (χ4n) is 1.99. The van der Waals surface area contributed by atoms with E-state index in [4.69, 9.17) is 16.3 Å². The van der Waals surface area contributed by atoms with Crippen molar-refractivity contribution in [1.29, 1.82) is 0 Å². The standard InChI is InChI=1S/C14H14ClNO4/c1-7(2)20-14(19)11-12(17)10-8(15)5-4-6-9(10)16(3)13(11)18/h4-7,17H,1-3H3. The quantitative estimate of drug-likeness (QED) is 0.864. The first-order chi connectivity index (χ1) is 9.34. The van der Waals surface area contributed by atoms with E-state index in [1.807, 2.05) is 0 Å². The van der Waals surface area contributed by atoms with Crippen molar-refractivity contribution in [3.05, 3.63) is 39.1 Å². The van der Waals surface area contributed by atoms with Crippen molar-refractivity contribution in [2.24, 2.45) is 7.05 Å². The van der Waals surface area contributed by atoms with Gasteiger partial charge in [-0.05, 0) is 26.0 Å². The molecule has 0 fully saturated rings. The Hall–Kier alpha value is -2.01. The number of hydrogen-bond acceptors (Lipinski definition) is 4. The number of rotatable bonds is 2. The molecule has 1 aromatic heterocycles. The molecule has 0 aliphatic carbocycles. The summed E-state index contributed by atoms with van der Waals surface area (Å²) in [6.45, 7) is 3.32. The Labute approximate surface area is 120 Å². The van der Waals surface area contributed by atoms with Crippen LogP contribution < -0.4 is 5.56 Å². The van der Waals surface area contributed by atoms with Gasteiger partial charge in [0.05, 0.1) is 22.0 Å². The van der Waals surface area contributed by atoms with Gasteiger partial charge < -0.3 is 14.4 Å². The van der Waals surface area contributed by atoms with E-state index < -0.39 is 28.9 Å². The summed E-state index contributed by atoms with van der Waals surface area (Å²) in [5.41, 5.74) is -0.578. The maximum Gasteiger partial charge on any atom is 0.347 e. The first-order valence-corrected chi connectivity index (χ1v) is 6.43. The second-order valence-electron chi connectivity index (χ2n) is 4.68. The highest BCUT2D eigenvalue weighted by molar-refractivity contribution is 6.36. The number of carbonyl (C=O) groups excluding carboxylic acids is 1. The number of halogens is 1. The zero-order valence-electron chi connectivity index (χ0n) is 11.3. The van der Waals surface area contributed by atoms with Crippen LogP contribution in [0.25, 0.3) is 10.9 Å². The molecule has 0 aliphatic heterocycles. The van der Waals surface area contributed by atoms with Gasteiger partial charge in [-0.2, -0.15) is 0 Å². The lowest BCUT2D eigenvalue weighted by atomic mass is 10.1. The number of ether oxygens (including phenoxy) is 1. The van der Waals surface area contributed by atoms with E-state index in [0.29, 0.717) is 5.52 Å². The van der Waals surface area contributed by atoms with Gasteiger partial charge >= 0.3 is 5.97 Å². The van der Waals surface area contributed by atoms with E-state index in [1.165, 1.54) is 11.6 Å². The highest BCUT2D eigenvalue weighted by Crippen LogP contribution is 2.32. The summed E-state index contributed by atoms with van der Waals surface area (Å²) in [6, 6.07) is 4.88. The van der Waals surface area contributed by atoms with Crippen molar-refractivity contribution < 1.29 is 14.6 Å². The maximum atomic E-state index is 12.2. The number of fused-ring (bicyclic) bond motifs is 1. The van der Waals surface area contributed by atoms with E-state index in [-0.39, 0.29) is 10.4 Å². The highest BCUT2D eigenvalue weighted by Gasteiger charge is 2.24. The SMILES string of the molecule is CC(C)OC(=O)c1c(O)c2c(Cl)cccc2n(C)c1=O. The number of pyridine rings is 1. The van der Waals surface area contributed by atoms with Gasteiger partial charge in [-0.3, -0.25) is 4.79 Å². The van der Waals surface area contributed by atoms with Crippen molar-refractivity contribution in [3.8, 4) is 5.75 Å². The predicted molar refractivity (Wildman–Crippen MR) is 76.4 cm³/mol. The van der Waals surface area contributed by atoms with E-state index in [0.717, 1.165) is 0 Å². The van der Waals surface area contributed by atoms with E-state index in [1.54, 1.807) is 32.0 Å². The number of carbonyl (C=O) groups is 1. The molecule has 0 saturated carbocycles. The minimum Gasteiger partial charge on any atom is -0.506 e. The number of aryl methyl sites for hydroxylation is 1. The van der Waals surface area contributed by atoms with Crippen LogP contribution in [-0.2, 0) is 11.8 Å². The molecule has 6 heteroatoms. The number of aromatic hydroxyl groups is 1. The first kappa shape index (κ1) is 14.4. The van der Waals surface area contributed by atoms with Crippen LogP contribution in [0.1, 0.15) is 24.2 Å². The van der Waals surface area contributed by atoms with Gasteiger partial charge in [0.15, 0.2) is 5.56 Å². The number of esters is 1. The Balaban J connectivity index is 2.83. The normalized spacial score (nSPS) is 11.1. The Morgan fingerprint density at radius 1 is 1.40 bits per heavy atom. The lowest BCUT2D eigenvalue weighted by Gasteiger charge is -2.13. The number of hydrogen-bond donors (Lipinski definition) is 1. The summed E-state index contributed by atoms with van der Waals surface area (Å²) in [4.78, 5) is 24.2. The second-order valence-corrected chi connectivity index (χ2v) is 5.08. The molecule has 20 heavy (non-hydrogen) atoms. The minimum atomic E-state index is -0.861. The van der Waals surface area contributed by atoms with Crippen LogP contribution in [0.3, 0.4) is 0 Å². The summed E-state index contributed by atoms with van der Waals surface area (Å²) < 4.78 is 6.25. The third-order valence-corrected chi connectivity index (χ3v) is 3.21. The number of benzene rings is 1. The zero-order chi connectivity index (χ0) is 15.0. The van der Waals surface area contributed by atoms with E-state index in [2.05, 4.69) is 0 Å². The largest absolute Gasteiger partial charge is 0.506 e. The Bertz CT molecular complexity index is 749. The van der Waals surface area contributed by atoms with Crippen LogP contribution in [0.2, 0.25) is 5.02 Å². The van der Waals surface area contributed by atoms with Crippen LogP contribution in [0.4, 0.5) is 0 Å². The third-order valence-electron chi connectivity index (χ3n) is 2.89. The van der Waals surface area contributed by atoms with Gasteiger partial charge in [-0.15, -0.1) is 0 Å². The lowest BCUT2D eigenvalue weighted by molar-refractivity contribution is 0.0372. The Morgan fingerprint density at radius 3 is 2.65 bits per heavy atom. The molecule has 0 spiro atoms. The molecule has 2 aromatic rings. The van der Waals surface area contributed by atoms with Gasteiger partial charge in [0.25, 0.3) is 5.56 Å². The lowest BCUT2D eigenvalue weighted by Crippen LogP contribution is -2.27. The molecule has 1 aromatic carbocycles. The zero-order valence-corrected chi connectivity index (χ0v) is 12.1. The van der Waals surface area contributed by atoms with Crippen LogP contribution >= 0.6 is 11.6 Å². The third kappa shape index (κ3) is 2.25. The second kappa shape index (κ2) is 5.17. The predicted octanol–water partition coefficient (Wildman–Crippen LogP) is 2.46. The van der Waals surface area contributed by atoms with Crippen molar-refractivity contribution >= 4 is 28.5 Å². The minimum absolute atomic E-state index is 0.256. The van der Waals surface area contributed by atoms with Gasteiger partial charge in [0.2, 0.25) is 0 Å². The average molecular weight is 296 g/mol. The molecule has 1 heterocycles. The van der Waals surface area contributed by atoms with E-state index in [9.17, 15) is 14.7 Å². The first-order valence-electron chi connectivity index (χ1n) is 6.05. The highest BCUT2D eigenvalue weighted by atomic mass is 35.5.